The number of ether oxygens (including phenoxy) is 2. The van der Waals surface area contributed by atoms with E-state index in [2.05, 4.69) is 35.8 Å². The fourth-order valence-corrected chi connectivity index (χ4v) is 2.90. The minimum atomic E-state index is -0.0496. The lowest BCUT2D eigenvalue weighted by molar-refractivity contribution is 0.301. The van der Waals surface area contributed by atoms with Crippen LogP contribution in [0, 0.1) is 5.92 Å². The summed E-state index contributed by atoms with van der Waals surface area (Å²) in [5.41, 5.74) is 1.39. The Morgan fingerprint density at radius 1 is 1.25 bits per heavy atom. The maximum atomic E-state index is 13.3. The molecular weight excluding hydrogens is 403 g/mol. The zero-order valence-corrected chi connectivity index (χ0v) is 17.7. The molecule has 0 saturated heterocycles. The van der Waals surface area contributed by atoms with Crippen LogP contribution in [0.15, 0.2) is 24.4 Å². The Morgan fingerprint density at radius 3 is 2.57 bits per heavy atom. The Balaban J connectivity index is 0.000000516. The molecule has 1 aliphatic carbocycles. The van der Waals surface area contributed by atoms with Gasteiger partial charge in [-0.2, -0.15) is 9.19 Å². The van der Waals surface area contributed by atoms with Crippen molar-refractivity contribution in [1.82, 2.24) is 19.2 Å². The van der Waals surface area contributed by atoms with Gasteiger partial charge in [0.2, 0.25) is 5.88 Å². The second-order valence-corrected chi connectivity index (χ2v) is 7.91. The fourth-order valence-electron chi connectivity index (χ4n) is 2.44. The van der Waals surface area contributed by atoms with Gasteiger partial charge in [-0.25, -0.2) is 9.97 Å². The van der Waals surface area contributed by atoms with Crippen molar-refractivity contribution < 1.29 is 13.4 Å². The molecule has 9 heteroatoms. The number of halogens is 2. The molecular formula is C19H22ClFN4O2S. The van der Waals surface area contributed by atoms with E-state index in [0.29, 0.717) is 33.9 Å². The lowest BCUT2D eigenvalue weighted by Gasteiger charge is -2.12. The van der Waals surface area contributed by atoms with E-state index in [0.717, 1.165) is 22.8 Å². The molecule has 4 rings (SSSR count). The zero-order valence-electron chi connectivity index (χ0n) is 16.1. The summed E-state index contributed by atoms with van der Waals surface area (Å²) < 4.78 is 25.7. The lowest BCUT2D eigenvalue weighted by Crippen LogP contribution is -2.01. The SMILES string of the molecule is CC(C)C.COc1nccc(OC2CC2)c1-c1nn(SF)c2nc(Cl)ccc12. The number of fused-ring (bicyclic) bond motifs is 1. The number of methoxy groups -OCH3 is 1. The first-order valence-electron chi connectivity index (χ1n) is 8.99. The topological polar surface area (TPSA) is 62.1 Å². The largest absolute Gasteiger partial charge is 0.489 e. The first kappa shape index (κ1) is 20.7. The molecule has 0 spiro atoms. The molecule has 3 aromatic heterocycles. The molecule has 0 bridgehead atoms. The molecule has 0 radical (unpaired) electrons. The lowest BCUT2D eigenvalue weighted by atomic mass is 10.1. The Labute approximate surface area is 172 Å². The van der Waals surface area contributed by atoms with Crippen LogP contribution in [0.5, 0.6) is 11.6 Å². The maximum absolute atomic E-state index is 13.3. The summed E-state index contributed by atoms with van der Waals surface area (Å²) in [7, 11) is 1.52. The normalized spacial score (nSPS) is 13.4. The van der Waals surface area contributed by atoms with Gasteiger partial charge in [0.1, 0.15) is 22.2 Å². The fraction of sp³-hybridized carbons (Fsp3) is 0.421. The third-order valence-electron chi connectivity index (χ3n) is 3.66. The molecule has 1 saturated carbocycles. The van der Waals surface area contributed by atoms with Crippen LogP contribution in [0.3, 0.4) is 0 Å². The van der Waals surface area contributed by atoms with E-state index in [1.54, 1.807) is 24.4 Å². The molecule has 28 heavy (non-hydrogen) atoms. The van der Waals surface area contributed by atoms with Crippen molar-refractivity contribution in [3.8, 4) is 22.9 Å². The summed E-state index contributed by atoms with van der Waals surface area (Å²) in [4.78, 5) is 8.38. The highest BCUT2D eigenvalue weighted by molar-refractivity contribution is 7.92. The van der Waals surface area contributed by atoms with Crippen molar-refractivity contribution >= 4 is 35.0 Å². The number of nitrogens with zero attached hydrogens (tertiary/aromatic N) is 4. The van der Waals surface area contributed by atoms with Crippen molar-refractivity contribution in [3.63, 3.8) is 0 Å². The molecule has 0 atom stereocenters. The van der Waals surface area contributed by atoms with Crippen LogP contribution in [0.4, 0.5) is 3.89 Å². The van der Waals surface area contributed by atoms with Gasteiger partial charge in [0.05, 0.1) is 13.2 Å². The monoisotopic (exact) mass is 424 g/mol. The average Bonchev–Trinajstić information content (AvgIpc) is 3.40. The molecule has 1 fully saturated rings. The number of hydrogen-bond acceptors (Lipinski definition) is 6. The van der Waals surface area contributed by atoms with E-state index in [1.165, 1.54) is 7.11 Å². The summed E-state index contributed by atoms with van der Waals surface area (Å²) in [6.45, 7) is 6.50. The smallest absolute Gasteiger partial charge is 0.226 e. The average molecular weight is 425 g/mol. The van der Waals surface area contributed by atoms with Crippen LogP contribution in [-0.2, 0) is 0 Å². The highest BCUT2D eigenvalue weighted by Crippen LogP contribution is 2.42. The van der Waals surface area contributed by atoms with Gasteiger partial charge in [-0.1, -0.05) is 32.4 Å². The molecule has 0 aliphatic heterocycles. The third kappa shape index (κ3) is 4.67. The molecule has 1 aliphatic rings. The van der Waals surface area contributed by atoms with Crippen molar-refractivity contribution in [1.29, 1.82) is 0 Å². The van der Waals surface area contributed by atoms with Crippen molar-refractivity contribution in [2.75, 3.05) is 7.11 Å². The van der Waals surface area contributed by atoms with Gasteiger partial charge in [0, 0.05) is 11.6 Å². The number of aromatic nitrogens is 4. The third-order valence-corrected chi connectivity index (χ3v) is 4.26. The first-order chi connectivity index (χ1) is 13.4. The van der Waals surface area contributed by atoms with Crippen LogP contribution in [0.2, 0.25) is 5.15 Å². The zero-order chi connectivity index (χ0) is 20.3. The molecule has 0 aromatic carbocycles. The Bertz CT molecular complexity index is 960. The predicted octanol–water partition coefficient (Wildman–Crippen LogP) is 5.74. The van der Waals surface area contributed by atoms with E-state index in [4.69, 9.17) is 21.1 Å². The molecule has 0 amide bonds. The minimum absolute atomic E-state index is 0.0496. The number of hydrogen-bond donors (Lipinski definition) is 0. The van der Waals surface area contributed by atoms with Crippen molar-refractivity contribution in [3.05, 3.63) is 29.5 Å². The Morgan fingerprint density at radius 2 is 1.96 bits per heavy atom. The summed E-state index contributed by atoms with van der Waals surface area (Å²) in [5.74, 6) is 1.80. The van der Waals surface area contributed by atoms with Crippen LogP contribution in [0.1, 0.15) is 33.6 Å². The van der Waals surface area contributed by atoms with Gasteiger partial charge < -0.3 is 9.47 Å². The second-order valence-electron chi connectivity index (χ2n) is 7.04. The van der Waals surface area contributed by atoms with Gasteiger partial charge in [-0.15, -0.1) is 3.89 Å². The van der Waals surface area contributed by atoms with Crippen LogP contribution in [0.25, 0.3) is 22.3 Å². The quantitative estimate of drug-likeness (QED) is 0.486. The Hall–Kier alpha value is -2.06. The van der Waals surface area contributed by atoms with E-state index in [1.807, 2.05) is 0 Å². The van der Waals surface area contributed by atoms with Gasteiger partial charge in [0.15, 0.2) is 18.0 Å². The summed E-state index contributed by atoms with van der Waals surface area (Å²) in [5, 5.41) is 5.20. The van der Waals surface area contributed by atoms with Crippen molar-refractivity contribution in [2.24, 2.45) is 5.92 Å². The van der Waals surface area contributed by atoms with Gasteiger partial charge >= 0.3 is 0 Å². The molecule has 3 heterocycles. The predicted molar refractivity (Wildman–Crippen MR) is 111 cm³/mol. The summed E-state index contributed by atoms with van der Waals surface area (Å²) >= 11 is 5.87. The highest BCUT2D eigenvalue weighted by atomic mass is 35.5. The standard InChI is InChI=1S/C15H12ClFN4O2S.C4H10/c1-22-15-12(10(6-7-18-15)23-8-2-3-8)13-9-4-5-11(16)19-14(9)21(20-13)24-17;1-4(2)3/h4-8H,2-3H2,1H3;4H,1-3H3. The summed E-state index contributed by atoms with van der Waals surface area (Å²) in [6.07, 6.45) is 3.82. The highest BCUT2D eigenvalue weighted by Gasteiger charge is 2.28. The second kappa shape index (κ2) is 8.96. The van der Waals surface area contributed by atoms with Crippen LogP contribution in [-0.4, -0.2) is 32.4 Å². The first-order valence-corrected chi connectivity index (χ1v) is 10.0. The maximum Gasteiger partial charge on any atom is 0.226 e. The van der Waals surface area contributed by atoms with E-state index < -0.39 is 0 Å². The number of rotatable bonds is 5. The molecule has 0 unspecified atom stereocenters. The van der Waals surface area contributed by atoms with Crippen LogP contribution >= 0.6 is 23.9 Å². The van der Waals surface area contributed by atoms with E-state index >= 15 is 0 Å². The van der Waals surface area contributed by atoms with E-state index in [-0.39, 0.29) is 23.6 Å². The van der Waals surface area contributed by atoms with Gasteiger partial charge in [-0.05, 0) is 37.0 Å². The molecule has 0 N–H and O–H groups in total. The molecule has 3 aromatic rings. The number of pyridine rings is 2. The van der Waals surface area contributed by atoms with Crippen molar-refractivity contribution in [2.45, 2.75) is 39.7 Å². The van der Waals surface area contributed by atoms with Crippen LogP contribution < -0.4 is 9.47 Å². The minimum Gasteiger partial charge on any atom is -0.489 e. The summed E-state index contributed by atoms with van der Waals surface area (Å²) in [6, 6.07) is 5.13. The molecule has 150 valence electrons. The van der Waals surface area contributed by atoms with Gasteiger partial charge in [0.25, 0.3) is 0 Å². The van der Waals surface area contributed by atoms with E-state index in [9.17, 15) is 3.89 Å². The Kier molecular flexibility index (Phi) is 6.61. The van der Waals surface area contributed by atoms with Gasteiger partial charge in [-0.3, -0.25) is 0 Å². The molecule has 6 nitrogen and oxygen atoms in total.